The smallest absolute Gasteiger partial charge is 0.244 e. The molecule has 0 atom stereocenters. The fourth-order valence-electron chi connectivity index (χ4n) is 2.84. The van der Waals surface area contributed by atoms with Crippen LogP contribution in [0, 0.1) is 13.8 Å². The predicted molar refractivity (Wildman–Crippen MR) is 112 cm³/mol. The van der Waals surface area contributed by atoms with E-state index in [-0.39, 0.29) is 17.2 Å². The van der Waals surface area contributed by atoms with Crippen LogP contribution in [0.25, 0.3) is 5.82 Å². The molecular formula is C19H24N6O4S. The van der Waals surface area contributed by atoms with Gasteiger partial charge < -0.3 is 14.8 Å². The first-order valence-corrected chi connectivity index (χ1v) is 10.7. The molecule has 0 aliphatic carbocycles. The van der Waals surface area contributed by atoms with E-state index in [4.69, 9.17) is 9.47 Å². The van der Waals surface area contributed by atoms with Gasteiger partial charge in [-0.25, -0.2) is 17.8 Å². The van der Waals surface area contributed by atoms with Gasteiger partial charge >= 0.3 is 0 Å². The lowest BCUT2D eigenvalue weighted by Crippen LogP contribution is -2.29. The number of methoxy groups -OCH3 is 2. The molecule has 1 aromatic carbocycles. The summed E-state index contributed by atoms with van der Waals surface area (Å²) in [5, 5.41) is 15.7. The van der Waals surface area contributed by atoms with Gasteiger partial charge in [0.2, 0.25) is 10.0 Å². The monoisotopic (exact) mass is 432 g/mol. The minimum atomic E-state index is -3.75. The minimum Gasteiger partial charge on any atom is -0.497 e. The summed E-state index contributed by atoms with van der Waals surface area (Å²) in [6.45, 7) is 4.33. The molecule has 2 N–H and O–H groups in total. The highest BCUT2D eigenvalue weighted by molar-refractivity contribution is 7.89. The fourth-order valence-corrected chi connectivity index (χ4v) is 4.02. The lowest BCUT2D eigenvalue weighted by atomic mass is 10.3. The second-order valence-electron chi connectivity index (χ2n) is 6.46. The van der Waals surface area contributed by atoms with Crippen molar-refractivity contribution < 1.29 is 17.9 Å². The highest BCUT2D eigenvalue weighted by Gasteiger charge is 2.19. The van der Waals surface area contributed by atoms with Crippen LogP contribution in [-0.2, 0) is 10.0 Å². The maximum Gasteiger partial charge on any atom is 0.244 e. The minimum absolute atomic E-state index is 0.0415. The first-order valence-electron chi connectivity index (χ1n) is 9.17. The molecule has 0 spiro atoms. The molecule has 0 bridgehead atoms. The summed E-state index contributed by atoms with van der Waals surface area (Å²) in [4.78, 5) is 0.0415. The average molecular weight is 433 g/mol. The highest BCUT2D eigenvalue weighted by atomic mass is 32.2. The van der Waals surface area contributed by atoms with Crippen molar-refractivity contribution in [3.63, 3.8) is 0 Å². The molecule has 30 heavy (non-hydrogen) atoms. The molecule has 160 valence electrons. The number of nitrogens with one attached hydrogen (secondary N) is 2. The van der Waals surface area contributed by atoms with Crippen molar-refractivity contribution in [2.45, 2.75) is 18.7 Å². The summed E-state index contributed by atoms with van der Waals surface area (Å²) in [6.07, 6.45) is 0. The largest absolute Gasteiger partial charge is 0.497 e. The zero-order valence-electron chi connectivity index (χ0n) is 17.2. The van der Waals surface area contributed by atoms with E-state index < -0.39 is 10.0 Å². The zero-order valence-corrected chi connectivity index (χ0v) is 18.0. The van der Waals surface area contributed by atoms with Crippen LogP contribution >= 0.6 is 0 Å². The van der Waals surface area contributed by atoms with E-state index in [1.807, 2.05) is 19.9 Å². The van der Waals surface area contributed by atoms with E-state index in [0.717, 1.165) is 11.4 Å². The molecule has 3 aromatic rings. The number of nitrogens with zero attached hydrogens (tertiary/aromatic N) is 4. The third-order valence-corrected chi connectivity index (χ3v) is 5.76. The third-order valence-electron chi connectivity index (χ3n) is 4.26. The molecule has 0 saturated heterocycles. The number of benzene rings is 1. The summed E-state index contributed by atoms with van der Waals surface area (Å²) in [7, 11) is -0.840. The average Bonchev–Trinajstić information content (AvgIpc) is 3.09. The molecule has 0 fully saturated rings. The van der Waals surface area contributed by atoms with Gasteiger partial charge in [0.05, 0.1) is 19.9 Å². The molecule has 0 aliphatic heterocycles. The lowest BCUT2D eigenvalue weighted by molar-refractivity contribution is 0.386. The van der Waals surface area contributed by atoms with Gasteiger partial charge in [-0.05, 0) is 44.2 Å². The molecule has 2 aromatic heterocycles. The van der Waals surface area contributed by atoms with Gasteiger partial charge in [-0.3, -0.25) is 0 Å². The molecule has 0 amide bonds. The summed E-state index contributed by atoms with van der Waals surface area (Å²) in [5.74, 6) is 1.86. The maximum atomic E-state index is 12.6. The van der Waals surface area contributed by atoms with Crippen molar-refractivity contribution in [3.05, 3.63) is 47.8 Å². The van der Waals surface area contributed by atoms with Crippen molar-refractivity contribution >= 4 is 15.8 Å². The van der Waals surface area contributed by atoms with Gasteiger partial charge in [0.25, 0.3) is 0 Å². The van der Waals surface area contributed by atoms with Gasteiger partial charge in [-0.15, -0.1) is 10.2 Å². The number of anilines is 1. The number of sulfonamides is 1. The SMILES string of the molecule is COc1ccc(S(=O)(=O)NCCNc2ccc(-n3nc(C)cc3C)nn2)c(OC)c1. The number of hydrogen-bond acceptors (Lipinski definition) is 8. The van der Waals surface area contributed by atoms with E-state index in [1.54, 1.807) is 22.9 Å². The first-order chi connectivity index (χ1) is 14.3. The first kappa shape index (κ1) is 21.5. The van der Waals surface area contributed by atoms with E-state index in [2.05, 4.69) is 25.3 Å². The van der Waals surface area contributed by atoms with Crippen molar-refractivity contribution in [2.24, 2.45) is 0 Å². The van der Waals surface area contributed by atoms with Gasteiger partial charge in [0.15, 0.2) is 5.82 Å². The molecule has 2 heterocycles. The molecular weight excluding hydrogens is 408 g/mol. The Morgan fingerprint density at radius 1 is 1.00 bits per heavy atom. The highest BCUT2D eigenvalue weighted by Crippen LogP contribution is 2.28. The Morgan fingerprint density at radius 2 is 1.80 bits per heavy atom. The summed E-state index contributed by atoms with van der Waals surface area (Å²) < 4.78 is 39.6. The van der Waals surface area contributed by atoms with E-state index >= 15 is 0 Å². The Kier molecular flexibility index (Phi) is 6.53. The van der Waals surface area contributed by atoms with Gasteiger partial charge in [0, 0.05) is 24.8 Å². The third kappa shape index (κ3) is 4.86. The predicted octanol–water partition coefficient (Wildman–Crippen LogP) is 1.69. The summed E-state index contributed by atoms with van der Waals surface area (Å²) in [6, 6.07) is 10.0. The van der Waals surface area contributed by atoms with Gasteiger partial charge in [-0.1, -0.05) is 0 Å². The van der Waals surface area contributed by atoms with E-state index in [9.17, 15) is 8.42 Å². The van der Waals surface area contributed by atoms with Crippen LogP contribution in [0.15, 0.2) is 41.3 Å². The van der Waals surface area contributed by atoms with E-state index in [0.29, 0.717) is 23.9 Å². The fraction of sp³-hybridized carbons (Fsp3) is 0.316. The van der Waals surface area contributed by atoms with Gasteiger partial charge in [-0.2, -0.15) is 5.10 Å². The Bertz CT molecular complexity index is 1110. The lowest BCUT2D eigenvalue weighted by Gasteiger charge is -2.12. The topological polar surface area (TPSA) is 120 Å². The molecule has 0 radical (unpaired) electrons. The summed E-state index contributed by atoms with van der Waals surface area (Å²) >= 11 is 0. The molecule has 11 heteroatoms. The van der Waals surface area contributed by atoms with Crippen molar-refractivity contribution in [1.29, 1.82) is 0 Å². The number of ether oxygens (including phenoxy) is 2. The van der Waals surface area contributed by atoms with Crippen molar-refractivity contribution in [1.82, 2.24) is 24.7 Å². The number of aryl methyl sites for hydroxylation is 2. The maximum absolute atomic E-state index is 12.6. The molecule has 0 unspecified atom stereocenters. The van der Waals surface area contributed by atoms with Crippen LogP contribution in [0.4, 0.5) is 5.82 Å². The molecule has 0 saturated carbocycles. The van der Waals surface area contributed by atoms with Crippen molar-refractivity contribution in [3.8, 4) is 17.3 Å². The van der Waals surface area contributed by atoms with Crippen LogP contribution in [-0.4, -0.2) is 55.7 Å². The van der Waals surface area contributed by atoms with Gasteiger partial charge in [0.1, 0.15) is 22.2 Å². The van der Waals surface area contributed by atoms with Crippen LogP contribution in [0.5, 0.6) is 11.5 Å². The molecule has 3 rings (SSSR count). The molecule has 10 nitrogen and oxygen atoms in total. The second kappa shape index (κ2) is 9.09. The number of rotatable bonds is 9. The van der Waals surface area contributed by atoms with E-state index in [1.165, 1.54) is 26.4 Å². The quantitative estimate of drug-likeness (QED) is 0.490. The number of hydrogen-bond donors (Lipinski definition) is 2. The normalized spacial score (nSPS) is 11.3. The Labute approximate surface area is 175 Å². The standard InChI is InChI=1S/C19H24N6O4S/c1-13-11-14(2)25(24-13)19-8-7-18(22-23-19)20-9-10-21-30(26,27)17-6-5-15(28-3)12-16(17)29-4/h5-8,11-12,21H,9-10H2,1-4H3,(H,20,22). The second-order valence-corrected chi connectivity index (χ2v) is 8.19. The van der Waals surface area contributed by atoms with Crippen LogP contribution < -0.4 is 19.5 Å². The van der Waals surface area contributed by atoms with Crippen LogP contribution in [0.1, 0.15) is 11.4 Å². The number of aromatic nitrogens is 4. The molecule has 0 aliphatic rings. The van der Waals surface area contributed by atoms with Crippen LogP contribution in [0.3, 0.4) is 0 Å². The Hall–Kier alpha value is -3.18. The zero-order chi connectivity index (χ0) is 21.7. The Balaban J connectivity index is 1.57. The van der Waals surface area contributed by atoms with Crippen molar-refractivity contribution in [2.75, 3.05) is 32.6 Å². The van der Waals surface area contributed by atoms with Crippen LogP contribution in [0.2, 0.25) is 0 Å². The summed E-state index contributed by atoms with van der Waals surface area (Å²) in [5.41, 5.74) is 1.86. The Morgan fingerprint density at radius 3 is 2.40 bits per heavy atom.